The summed E-state index contributed by atoms with van der Waals surface area (Å²) in [5.74, 6) is 0.343. The minimum Gasteiger partial charge on any atom is -0.326 e. The molecule has 1 fully saturated rings. The average molecular weight is 449 g/mol. The van der Waals surface area contributed by atoms with Crippen LogP contribution in [0.1, 0.15) is 38.2 Å². The van der Waals surface area contributed by atoms with E-state index in [1.165, 1.54) is 11.8 Å². The van der Waals surface area contributed by atoms with Gasteiger partial charge in [0.15, 0.2) is 5.16 Å². The number of sulfonamides is 1. The summed E-state index contributed by atoms with van der Waals surface area (Å²) in [5, 5.41) is 0.856. The van der Waals surface area contributed by atoms with Crippen molar-refractivity contribution in [2.24, 2.45) is 0 Å². The van der Waals surface area contributed by atoms with Crippen molar-refractivity contribution in [1.82, 2.24) is 13.9 Å². The fourth-order valence-electron chi connectivity index (χ4n) is 4.12. The van der Waals surface area contributed by atoms with Crippen molar-refractivity contribution in [3.05, 3.63) is 36.2 Å². The molecular weight excluding hydrogens is 420 g/mol. The van der Waals surface area contributed by atoms with Gasteiger partial charge in [-0.15, -0.1) is 0 Å². The van der Waals surface area contributed by atoms with Gasteiger partial charge in [0.2, 0.25) is 15.9 Å². The van der Waals surface area contributed by atoms with E-state index < -0.39 is 10.0 Å². The fraction of sp³-hybridized carbons (Fsp3) is 0.524. The third-order valence-corrected chi connectivity index (χ3v) is 8.52. The number of fused-ring (bicyclic) bond motifs is 1. The summed E-state index contributed by atoms with van der Waals surface area (Å²) in [6.45, 7) is 4.85. The van der Waals surface area contributed by atoms with E-state index in [9.17, 15) is 13.2 Å². The number of hydrogen-bond donors (Lipinski definition) is 0. The van der Waals surface area contributed by atoms with Gasteiger partial charge < -0.3 is 9.47 Å². The van der Waals surface area contributed by atoms with Crippen LogP contribution in [0.15, 0.2) is 40.6 Å². The zero-order chi connectivity index (χ0) is 21.1. The van der Waals surface area contributed by atoms with Gasteiger partial charge in [-0.2, -0.15) is 4.31 Å². The fourth-order valence-corrected chi connectivity index (χ4v) is 6.55. The Balaban J connectivity index is 1.49. The van der Waals surface area contributed by atoms with E-state index in [0.29, 0.717) is 30.3 Å². The highest BCUT2D eigenvalue weighted by Gasteiger charge is 2.29. The van der Waals surface area contributed by atoms with Crippen molar-refractivity contribution < 1.29 is 13.2 Å². The maximum absolute atomic E-state index is 13.0. The van der Waals surface area contributed by atoms with Gasteiger partial charge in [-0.05, 0) is 55.9 Å². The third-order valence-electron chi connectivity index (χ3n) is 5.64. The second-order valence-corrected chi connectivity index (χ2v) is 10.6. The average Bonchev–Trinajstić information content (AvgIpc) is 3.44. The predicted octanol–water partition coefficient (Wildman–Crippen LogP) is 3.15. The zero-order valence-electron chi connectivity index (χ0n) is 17.3. The summed E-state index contributed by atoms with van der Waals surface area (Å²) in [6.07, 6.45) is 8.18. The van der Waals surface area contributed by atoms with Crippen molar-refractivity contribution in [2.45, 2.75) is 55.6 Å². The molecule has 0 atom stereocenters. The van der Waals surface area contributed by atoms with Gasteiger partial charge in [0.25, 0.3) is 0 Å². The van der Waals surface area contributed by atoms with Crippen LogP contribution < -0.4 is 4.90 Å². The molecule has 7 nitrogen and oxygen atoms in total. The number of nitrogens with zero attached hydrogens (tertiary/aromatic N) is 4. The van der Waals surface area contributed by atoms with Crippen LogP contribution in [-0.2, 0) is 27.8 Å². The predicted molar refractivity (Wildman–Crippen MR) is 118 cm³/mol. The van der Waals surface area contributed by atoms with E-state index in [-0.39, 0.29) is 5.91 Å². The lowest BCUT2D eigenvalue weighted by atomic mass is 10.0. The van der Waals surface area contributed by atoms with E-state index in [4.69, 9.17) is 0 Å². The first-order chi connectivity index (χ1) is 14.5. The standard InChI is InChI=1S/C21H28N4O3S2/c1-2-10-23-14-9-22-21(23)29-16-20(26)25-13-5-6-17-15-18(7-8-19(17)25)30(27,28)24-11-3-4-12-24/h7-9,14-15H,2-6,10-13,16H2,1H3. The molecule has 1 saturated heterocycles. The van der Waals surface area contributed by atoms with Crippen LogP contribution in [0.5, 0.6) is 0 Å². The highest BCUT2D eigenvalue weighted by molar-refractivity contribution is 7.99. The largest absolute Gasteiger partial charge is 0.326 e. The Kier molecular flexibility index (Phi) is 6.50. The number of rotatable bonds is 7. The molecule has 3 heterocycles. The first-order valence-electron chi connectivity index (χ1n) is 10.6. The number of carbonyl (C=O) groups is 1. The third kappa shape index (κ3) is 4.29. The molecule has 0 saturated carbocycles. The van der Waals surface area contributed by atoms with Gasteiger partial charge in [-0.25, -0.2) is 13.4 Å². The molecule has 0 N–H and O–H groups in total. The summed E-state index contributed by atoms with van der Waals surface area (Å²) in [7, 11) is -3.45. The molecule has 4 rings (SSSR count). The van der Waals surface area contributed by atoms with Crippen LogP contribution in [0.4, 0.5) is 5.69 Å². The summed E-state index contributed by atoms with van der Waals surface area (Å²) in [6, 6.07) is 5.22. The van der Waals surface area contributed by atoms with Crippen LogP contribution in [-0.4, -0.2) is 53.6 Å². The molecule has 1 amide bonds. The molecule has 9 heteroatoms. The van der Waals surface area contributed by atoms with Gasteiger partial charge in [0.1, 0.15) is 0 Å². The number of aromatic nitrogens is 2. The smallest absolute Gasteiger partial charge is 0.243 e. The lowest BCUT2D eigenvalue weighted by Gasteiger charge is -2.30. The Hall–Kier alpha value is -1.84. The lowest BCUT2D eigenvalue weighted by Crippen LogP contribution is -2.37. The van der Waals surface area contributed by atoms with E-state index in [0.717, 1.165) is 55.1 Å². The first-order valence-corrected chi connectivity index (χ1v) is 13.0. The number of anilines is 1. The van der Waals surface area contributed by atoms with Crippen LogP contribution >= 0.6 is 11.8 Å². The van der Waals surface area contributed by atoms with Crippen LogP contribution in [0.2, 0.25) is 0 Å². The topological polar surface area (TPSA) is 75.5 Å². The molecule has 0 radical (unpaired) electrons. The lowest BCUT2D eigenvalue weighted by molar-refractivity contribution is -0.116. The second-order valence-electron chi connectivity index (χ2n) is 7.74. The number of benzene rings is 1. The van der Waals surface area contributed by atoms with Crippen molar-refractivity contribution >= 4 is 33.4 Å². The number of aryl methyl sites for hydroxylation is 2. The quantitative estimate of drug-likeness (QED) is 0.608. The maximum atomic E-state index is 13.0. The molecule has 30 heavy (non-hydrogen) atoms. The molecule has 1 aromatic heterocycles. The Bertz CT molecular complexity index is 1010. The molecule has 1 aromatic carbocycles. The van der Waals surface area contributed by atoms with Crippen molar-refractivity contribution in [3.8, 4) is 0 Å². The van der Waals surface area contributed by atoms with E-state index in [2.05, 4.69) is 16.5 Å². The summed E-state index contributed by atoms with van der Waals surface area (Å²) < 4.78 is 29.4. The van der Waals surface area contributed by atoms with E-state index in [1.807, 2.05) is 6.20 Å². The molecule has 2 aliphatic heterocycles. The normalized spacial score (nSPS) is 17.3. The van der Waals surface area contributed by atoms with Crippen LogP contribution in [0.3, 0.4) is 0 Å². The maximum Gasteiger partial charge on any atom is 0.243 e. The molecular formula is C21H28N4O3S2. The van der Waals surface area contributed by atoms with Gasteiger partial charge in [-0.3, -0.25) is 4.79 Å². The van der Waals surface area contributed by atoms with Gasteiger partial charge >= 0.3 is 0 Å². The SMILES string of the molecule is CCCn1ccnc1SCC(=O)N1CCCc2cc(S(=O)(=O)N3CCCC3)ccc21. The monoisotopic (exact) mass is 448 g/mol. The molecule has 2 aliphatic rings. The van der Waals surface area contributed by atoms with Crippen molar-refractivity contribution in [2.75, 3.05) is 30.3 Å². The summed E-state index contributed by atoms with van der Waals surface area (Å²) in [5.41, 5.74) is 1.77. The zero-order valence-corrected chi connectivity index (χ0v) is 18.9. The number of thioether (sulfide) groups is 1. The van der Waals surface area contributed by atoms with Crippen LogP contribution in [0, 0.1) is 0 Å². The van der Waals surface area contributed by atoms with Gasteiger partial charge in [0.05, 0.1) is 10.6 Å². The van der Waals surface area contributed by atoms with Gasteiger partial charge in [-0.1, -0.05) is 18.7 Å². The number of amides is 1. The van der Waals surface area contributed by atoms with E-state index >= 15 is 0 Å². The Morgan fingerprint density at radius 3 is 2.73 bits per heavy atom. The number of hydrogen-bond acceptors (Lipinski definition) is 5. The molecule has 0 spiro atoms. The molecule has 162 valence electrons. The Morgan fingerprint density at radius 2 is 1.97 bits per heavy atom. The van der Waals surface area contributed by atoms with Crippen molar-refractivity contribution in [3.63, 3.8) is 0 Å². The molecule has 0 bridgehead atoms. The Labute approximate surface area is 182 Å². The molecule has 0 unspecified atom stereocenters. The van der Waals surface area contributed by atoms with Crippen LogP contribution in [0.25, 0.3) is 0 Å². The minimum absolute atomic E-state index is 0.0298. The highest BCUT2D eigenvalue weighted by Crippen LogP contribution is 2.32. The van der Waals surface area contributed by atoms with Crippen molar-refractivity contribution in [1.29, 1.82) is 0 Å². The Morgan fingerprint density at radius 1 is 1.17 bits per heavy atom. The number of imidazole rings is 1. The molecule has 0 aliphatic carbocycles. The number of carbonyl (C=O) groups excluding carboxylic acids is 1. The first kappa shape index (κ1) is 21.4. The van der Waals surface area contributed by atoms with E-state index in [1.54, 1.807) is 33.6 Å². The second kappa shape index (κ2) is 9.11. The summed E-state index contributed by atoms with van der Waals surface area (Å²) in [4.78, 5) is 19.5. The highest BCUT2D eigenvalue weighted by atomic mass is 32.2. The molecule has 2 aromatic rings. The summed E-state index contributed by atoms with van der Waals surface area (Å²) >= 11 is 1.45. The minimum atomic E-state index is -3.45. The van der Waals surface area contributed by atoms with Gasteiger partial charge in [0, 0.05) is 44.3 Å².